The van der Waals surface area contributed by atoms with Crippen molar-refractivity contribution in [3.05, 3.63) is 29.8 Å². The van der Waals surface area contributed by atoms with E-state index in [1.807, 2.05) is 24.3 Å². The molecule has 1 heterocycles. The SMILES string of the molecule is O=S([O-])Cc1cccc(N2CCOCC2)c1. The number of anilines is 1. The maximum atomic E-state index is 10.6. The molecule has 2 rings (SSSR count). The van der Waals surface area contributed by atoms with E-state index in [4.69, 9.17) is 4.74 Å². The van der Waals surface area contributed by atoms with Crippen molar-refractivity contribution in [2.45, 2.75) is 5.75 Å². The largest absolute Gasteiger partial charge is 0.772 e. The van der Waals surface area contributed by atoms with Crippen molar-refractivity contribution < 1.29 is 13.5 Å². The molecule has 1 atom stereocenters. The Hall–Kier alpha value is -0.910. The highest BCUT2D eigenvalue weighted by molar-refractivity contribution is 7.78. The first-order chi connectivity index (χ1) is 7.75. The van der Waals surface area contributed by atoms with E-state index in [9.17, 15) is 8.76 Å². The lowest BCUT2D eigenvalue weighted by Crippen LogP contribution is -2.36. The summed E-state index contributed by atoms with van der Waals surface area (Å²) in [5.41, 5.74) is 1.91. The molecule has 1 fully saturated rings. The fraction of sp³-hybridized carbons (Fsp3) is 0.455. The monoisotopic (exact) mass is 240 g/mol. The molecule has 0 aliphatic carbocycles. The number of rotatable bonds is 3. The molecule has 0 aromatic heterocycles. The Bertz CT molecular complexity index is 377. The summed E-state index contributed by atoms with van der Waals surface area (Å²) in [7, 11) is 0. The van der Waals surface area contributed by atoms with Crippen molar-refractivity contribution in [1.82, 2.24) is 0 Å². The number of nitrogens with zero attached hydrogens (tertiary/aromatic N) is 1. The third kappa shape index (κ3) is 3.04. The zero-order valence-electron chi connectivity index (χ0n) is 8.93. The van der Waals surface area contributed by atoms with Crippen molar-refractivity contribution >= 4 is 16.8 Å². The lowest BCUT2D eigenvalue weighted by Gasteiger charge is -2.29. The Balaban J connectivity index is 2.11. The third-order valence-electron chi connectivity index (χ3n) is 2.57. The van der Waals surface area contributed by atoms with Crippen LogP contribution in [0.1, 0.15) is 5.56 Å². The first-order valence-corrected chi connectivity index (χ1v) is 6.47. The molecule has 0 radical (unpaired) electrons. The lowest BCUT2D eigenvalue weighted by molar-refractivity contribution is 0.122. The molecule has 88 valence electrons. The minimum atomic E-state index is -2.02. The lowest BCUT2D eigenvalue weighted by atomic mass is 10.2. The summed E-state index contributed by atoms with van der Waals surface area (Å²) in [4.78, 5) is 2.21. The van der Waals surface area contributed by atoms with Crippen LogP contribution in [-0.4, -0.2) is 35.1 Å². The molecule has 4 nitrogen and oxygen atoms in total. The number of benzene rings is 1. The Morgan fingerprint density at radius 1 is 1.38 bits per heavy atom. The van der Waals surface area contributed by atoms with Gasteiger partial charge >= 0.3 is 0 Å². The Labute approximate surface area is 97.5 Å². The molecule has 5 heteroatoms. The van der Waals surface area contributed by atoms with Gasteiger partial charge in [0.15, 0.2) is 0 Å². The average molecular weight is 240 g/mol. The predicted molar refractivity (Wildman–Crippen MR) is 62.1 cm³/mol. The van der Waals surface area contributed by atoms with Gasteiger partial charge in [0.1, 0.15) is 0 Å². The second-order valence-electron chi connectivity index (χ2n) is 3.72. The third-order valence-corrected chi connectivity index (χ3v) is 3.14. The second kappa shape index (κ2) is 5.43. The molecule has 16 heavy (non-hydrogen) atoms. The fourth-order valence-corrected chi connectivity index (χ4v) is 2.25. The van der Waals surface area contributed by atoms with Crippen molar-refractivity contribution in [3.8, 4) is 0 Å². The highest BCUT2D eigenvalue weighted by atomic mass is 32.2. The molecule has 0 bridgehead atoms. The first-order valence-electron chi connectivity index (χ1n) is 5.23. The van der Waals surface area contributed by atoms with E-state index in [2.05, 4.69) is 4.90 Å². The maximum absolute atomic E-state index is 10.6. The van der Waals surface area contributed by atoms with Crippen LogP contribution < -0.4 is 4.90 Å². The van der Waals surface area contributed by atoms with Crippen LogP contribution in [0.5, 0.6) is 0 Å². The van der Waals surface area contributed by atoms with Gasteiger partial charge < -0.3 is 14.2 Å². The molecular formula is C11H14NO3S-. The molecule has 0 saturated carbocycles. The van der Waals surface area contributed by atoms with E-state index >= 15 is 0 Å². The minimum Gasteiger partial charge on any atom is -0.772 e. The van der Waals surface area contributed by atoms with Crippen LogP contribution in [0, 0.1) is 0 Å². The van der Waals surface area contributed by atoms with Gasteiger partial charge in [0, 0.05) is 24.5 Å². The highest BCUT2D eigenvalue weighted by Gasteiger charge is 2.10. The summed E-state index contributed by atoms with van der Waals surface area (Å²) >= 11 is -2.02. The highest BCUT2D eigenvalue weighted by Crippen LogP contribution is 2.18. The summed E-state index contributed by atoms with van der Waals surface area (Å²) in [5, 5.41) is 0. The van der Waals surface area contributed by atoms with Gasteiger partial charge in [0.2, 0.25) is 0 Å². The van der Waals surface area contributed by atoms with Crippen molar-refractivity contribution in [1.29, 1.82) is 0 Å². The number of ether oxygens (including phenoxy) is 1. The molecule has 1 aromatic carbocycles. The minimum absolute atomic E-state index is 0.0815. The average Bonchev–Trinajstić information content (AvgIpc) is 2.30. The summed E-state index contributed by atoms with van der Waals surface area (Å²) in [6, 6.07) is 7.66. The standard InChI is InChI=1S/C11H15NO3S/c13-16(14)9-10-2-1-3-11(8-10)12-4-6-15-7-5-12/h1-3,8H,4-7,9H2,(H,13,14)/p-1. The molecule has 1 aliphatic rings. The molecule has 0 spiro atoms. The number of hydrogen-bond acceptors (Lipinski definition) is 4. The van der Waals surface area contributed by atoms with E-state index in [1.54, 1.807) is 0 Å². The van der Waals surface area contributed by atoms with Gasteiger partial charge in [0.05, 0.1) is 13.2 Å². The van der Waals surface area contributed by atoms with E-state index in [-0.39, 0.29) is 5.75 Å². The van der Waals surface area contributed by atoms with E-state index in [0.29, 0.717) is 0 Å². The molecule has 0 amide bonds. The quantitative estimate of drug-likeness (QED) is 0.737. The normalized spacial score (nSPS) is 18.4. The molecule has 1 aliphatic heterocycles. The smallest absolute Gasteiger partial charge is 0.0642 e. The summed E-state index contributed by atoms with van der Waals surface area (Å²) in [5.74, 6) is 0.0815. The van der Waals surface area contributed by atoms with E-state index < -0.39 is 11.1 Å². The first kappa shape index (κ1) is 11.6. The van der Waals surface area contributed by atoms with Crippen LogP contribution in [0.4, 0.5) is 5.69 Å². The van der Waals surface area contributed by atoms with Crippen LogP contribution in [-0.2, 0) is 21.6 Å². The number of hydrogen-bond donors (Lipinski definition) is 0. The zero-order chi connectivity index (χ0) is 11.4. The van der Waals surface area contributed by atoms with E-state index in [0.717, 1.165) is 37.6 Å². The van der Waals surface area contributed by atoms with Crippen LogP contribution in [0.2, 0.25) is 0 Å². The van der Waals surface area contributed by atoms with Crippen molar-refractivity contribution in [3.63, 3.8) is 0 Å². The Morgan fingerprint density at radius 2 is 2.12 bits per heavy atom. The molecule has 1 unspecified atom stereocenters. The van der Waals surface area contributed by atoms with Gasteiger partial charge in [-0.3, -0.25) is 4.21 Å². The van der Waals surface area contributed by atoms with Crippen LogP contribution in [0.3, 0.4) is 0 Å². The molecular weight excluding hydrogens is 226 g/mol. The van der Waals surface area contributed by atoms with Crippen LogP contribution >= 0.6 is 0 Å². The molecule has 0 N–H and O–H groups in total. The van der Waals surface area contributed by atoms with Gasteiger partial charge in [-0.05, 0) is 17.7 Å². The Morgan fingerprint density at radius 3 is 2.81 bits per heavy atom. The van der Waals surface area contributed by atoms with Crippen molar-refractivity contribution in [2.24, 2.45) is 0 Å². The summed E-state index contributed by atoms with van der Waals surface area (Å²) < 4.78 is 26.5. The van der Waals surface area contributed by atoms with Gasteiger partial charge in [-0.1, -0.05) is 23.2 Å². The van der Waals surface area contributed by atoms with Gasteiger partial charge in [-0.25, -0.2) is 0 Å². The fourth-order valence-electron chi connectivity index (χ4n) is 1.80. The Kier molecular flexibility index (Phi) is 3.93. The number of morpholine rings is 1. The van der Waals surface area contributed by atoms with E-state index in [1.165, 1.54) is 0 Å². The predicted octanol–water partition coefficient (Wildman–Crippen LogP) is 0.902. The summed E-state index contributed by atoms with van der Waals surface area (Å²) in [6.45, 7) is 3.20. The summed E-state index contributed by atoms with van der Waals surface area (Å²) in [6.07, 6.45) is 0. The van der Waals surface area contributed by atoms with Crippen LogP contribution in [0.15, 0.2) is 24.3 Å². The van der Waals surface area contributed by atoms with Gasteiger partial charge in [-0.2, -0.15) is 0 Å². The zero-order valence-corrected chi connectivity index (χ0v) is 9.74. The topological polar surface area (TPSA) is 52.6 Å². The van der Waals surface area contributed by atoms with Gasteiger partial charge in [0.25, 0.3) is 0 Å². The van der Waals surface area contributed by atoms with Crippen molar-refractivity contribution in [2.75, 3.05) is 31.2 Å². The van der Waals surface area contributed by atoms with Gasteiger partial charge in [-0.15, -0.1) is 0 Å². The maximum Gasteiger partial charge on any atom is 0.0642 e. The second-order valence-corrected chi connectivity index (χ2v) is 4.61. The molecule has 1 aromatic rings. The molecule has 1 saturated heterocycles. The van der Waals surface area contributed by atoms with Crippen LogP contribution in [0.25, 0.3) is 0 Å².